The molecule has 1 unspecified atom stereocenters. The van der Waals surface area contributed by atoms with E-state index in [1.807, 2.05) is 45.3 Å². The fourth-order valence-corrected chi connectivity index (χ4v) is 3.77. The molecule has 3 rings (SSSR count). The topological polar surface area (TPSA) is 74.8 Å². The number of rotatable bonds is 4. The number of likely N-dealkylation sites (tertiary alicyclic amines) is 2. The number of carbonyl (C=O) groups is 2. The predicted octanol–water partition coefficient (Wildman–Crippen LogP) is 2.42. The summed E-state index contributed by atoms with van der Waals surface area (Å²) in [5.74, 6) is -0.0685. The van der Waals surface area contributed by atoms with Crippen molar-refractivity contribution in [1.29, 1.82) is 0 Å². The third-order valence-electron chi connectivity index (χ3n) is 5.30. The molecule has 0 spiro atoms. The van der Waals surface area contributed by atoms with Crippen molar-refractivity contribution in [3.8, 4) is 0 Å². The minimum atomic E-state index is -0.512. The predicted molar refractivity (Wildman–Crippen MR) is 107 cm³/mol. The molecule has 0 aromatic carbocycles. The van der Waals surface area contributed by atoms with Crippen LogP contribution in [0.5, 0.6) is 0 Å². The van der Waals surface area contributed by atoms with Gasteiger partial charge in [0, 0.05) is 51.2 Å². The molecule has 7 nitrogen and oxygen atoms in total. The Bertz CT molecular complexity index is 666. The Hall–Kier alpha value is -2.15. The van der Waals surface area contributed by atoms with Crippen LogP contribution in [0.4, 0.5) is 4.79 Å². The van der Waals surface area contributed by atoms with Gasteiger partial charge in [-0.15, -0.1) is 0 Å². The Balaban J connectivity index is 1.39. The van der Waals surface area contributed by atoms with E-state index in [0.29, 0.717) is 19.5 Å². The van der Waals surface area contributed by atoms with Gasteiger partial charge in [-0.1, -0.05) is 0 Å². The summed E-state index contributed by atoms with van der Waals surface area (Å²) in [5.41, 5.74) is 0.757. The maximum atomic E-state index is 12.6. The van der Waals surface area contributed by atoms with Crippen LogP contribution in [0.25, 0.3) is 0 Å². The van der Waals surface area contributed by atoms with Crippen LogP contribution in [0.3, 0.4) is 0 Å². The number of amides is 2. The van der Waals surface area contributed by atoms with Crippen molar-refractivity contribution in [2.75, 3.05) is 26.2 Å². The zero-order chi connectivity index (χ0) is 20.1. The van der Waals surface area contributed by atoms with E-state index in [9.17, 15) is 9.59 Å². The summed E-state index contributed by atoms with van der Waals surface area (Å²) in [6.45, 7) is 9.46. The lowest BCUT2D eigenvalue weighted by Crippen LogP contribution is -2.46. The molecule has 1 atom stereocenters. The number of carbonyl (C=O) groups excluding carboxylic acids is 2. The third kappa shape index (κ3) is 5.92. The fraction of sp³-hybridized carbons (Fsp3) is 0.667. The van der Waals surface area contributed by atoms with Crippen LogP contribution in [0.1, 0.15) is 45.6 Å². The lowest BCUT2D eigenvalue weighted by atomic mass is 10.0. The molecular weight excluding hydrogens is 356 g/mol. The number of hydrogen-bond acceptors (Lipinski definition) is 5. The lowest BCUT2D eigenvalue weighted by molar-refractivity contribution is -0.125. The van der Waals surface area contributed by atoms with Crippen LogP contribution in [0.2, 0.25) is 0 Å². The van der Waals surface area contributed by atoms with Gasteiger partial charge in [-0.3, -0.25) is 14.7 Å². The number of ether oxygens (including phenoxy) is 1. The molecule has 0 radical (unpaired) electrons. The van der Waals surface area contributed by atoms with Crippen molar-refractivity contribution in [3.05, 3.63) is 30.1 Å². The van der Waals surface area contributed by atoms with E-state index in [1.54, 1.807) is 4.90 Å². The van der Waals surface area contributed by atoms with Crippen LogP contribution < -0.4 is 5.32 Å². The quantitative estimate of drug-likeness (QED) is 0.857. The van der Waals surface area contributed by atoms with Crippen LogP contribution in [-0.2, 0) is 16.1 Å². The van der Waals surface area contributed by atoms with Crippen molar-refractivity contribution in [2.45, 2.75) is 58.2 Å². The highest BCUT2D eigenvalue weighted by molar-refractivity contribution is 5.80. The fourth-order valence-electron chi connectivity index (χ4n) is 3.77. The van der Waals surface area contributed by atoms with Gasteiger partial charge in [0.05, 0.1) is 5.92 Å². The van der Waals surface area contributed by atoms with Gasteiger partial charge in [0.2, 0.25) is 5.91 Å². The molecule has 2 aliphatic rings. The Morgan fingerprint density at radius 2 is 1.82 bits per heavy atom. The van der Waals surface area contributed by atoms with Crippen LogP contribution in [-0.4, -0.2) is 64.6 Å². The van der Waals surface area contributed by atoms with Crippen molar-refractivity contribution in [3.63, 3.8) is 0 Å². The second-order valence-electron chi connectivity index (χ2n) is 8.83. The van der Waals surface area contributed by atoms with Crippen molar-refractivity contribution >= 4 is 12.0 Å². The summed E-state index contributed by atoms with van der Waals surface area (Å²) in [6.07, 6.45) is 5.94. The molecule has 1 aromatic rings. The first-order valence-electron chi connectivity index (χ1n) is 10.2. The number of hydrogen-bond donors (Lipinski definition) is 1. The van der Waals surface area contributed by atoms with E-state index in [2.05, 4.69) is 15.2 Å². The van der Waals surface area contributed by atoms with E-state index in [-0.39, 0.29) is 24.0 Å². The van der Waals surface area contributed by atoms with Crippen molar-refractivity contribution < 1.29 is 14.3 Å². The minimum Gasteiger partial charge on any atom is -0.444 e. The van der Waals surface area contributed by atoms with Gasteiger partial charge in [0.15, 0.2) is 0 Å². The molecule has 2 saturated heterocycles. The first-order valence-corrected chi connectivity index (χ1v) is 10.2. The van der Waals surface area contributed by atoms with Crippen molar-refractivity contribution in [1.82, 2.24) is 20.1 Å². The molecular formula is C21H32N4O3. The molecule has 0 aliphatic carbocycles. The Morgan fingerprint density at radius 3 is 2.46 bits per heavy atom. The minimum absolute atomic E-state index is 0.0682. The summed E-state index contributed by atoms with van der Waals surface area (Å²) in [7, 11) is 0. The average Bonchev–Trinajstić information content (AvgIpc) is 3.13. The molecule has 28 heavy (non-hydrogen) atoms. The smallest absolute Gasteiger partial charge is 0.410 e. The van der Waals surface area contributed by atoms with Gasteiger partial charge >= 0.3 is 6.09 Å². The zero-order valence-electron chi connectivity index (χ0n) is 17.2. The van der Waals surface area contributed by atoms with Crippen LogP contribution in [0.15, 0.2) is 24.5 Å². The molecule has 2 fully saturated rings. The maximum Gasteiger partial charge on any atom is 0.410 e. The van der Waals surface area contributed by atoms with Gasteiger partial charge in [-0.2, -0.15) is 0 Å². The van der Waals surface area contributed by atoms with Crippen LogP contribution >= 0.6 is 0 Å². The average molecular weight is 389 g/mol. The molecule has 2 amide bonds. The van der Waals surface area contributed by atoms with Gasteiger partial charge in [-0.25, -0.2) is 4.79 Å². The molecule has 2 aliphatic heterocycles. The van der Waals surface area contributed by atoms with E-state index in [1.165, 1.54) is 5.56 Å². The molecule has 1 aromatic heterocycles. The Labute approximate surface area is 167 Å². The first kappa shape index (κ1) is 20.6. The number of nitrogens with one attached hydrogen (secondary N) is 1. The third-order valence-corrected chi connectivity index (χ3v) is 5.30. The molecule has 7 heteroatoms. The van der Waals surface area contributed by atoms with Gasteiger partial charge in [-0.05, 0) is 57.7 Å². The van der Waals surface area contributed by atoms with E-state index in [0.717, 1.165) is 32.5 Å². The number of aromatic nitrogens is 1. The summed E-state index contributed by atoms with van der Waals surface area (Å²) < 4.78 is 5.41. The largest absolute Gasteiger partial charge is 0.444 e. The zero-order valence-corrected chi connectivity index (χ0v) is 17.2. The van der Waals surface area contributed by atoms with Gasteiger partial charge < -0.3 is 15.0 Å². The molecule has 1 N–H and O–H groups in total. The maximum absolute atomic E-state index is 12.6. The number of pyridine rings is 1. The molecule has 154 valence electrons. The highest BCUT2D eigenvalue weighted by Crippen LogP contribution is 2.21. The number of nitrogens with zero attached hydrogens (tertiary/aromatic N) is 3. The second kappa shape index (κ2) is 8.90. The number of piperidine rings is 1. The highest BCUT2D eigenvalue weighted by Gasteiger charge is 2.34. The summed E-state index contributed by atoms with van der Waals surface area (Å²) in [4.78, 5) is 32.9. The van der Waals surface area contributed by atoms with Gasteiger partial charge in [0.25, 0.3) is 0 Å². The van der Waals surface area contributed by atoms with E-state index >= 15 is 0 Å². The van der Waals surface area contributed by atoms with Crippen LogP contribution in [0, 0.1) is 5.92 Å². The summed E-state index contributed by atoms with van der Waals surface area (Å²) in [6, 6.07) is 4.31. The Kier molecular flexibility index (Phi) is 6.54. The highest BCUT2D eigenvalue weighted by atomic mass is 16.6. The molecule has 0 saturated carbocycles. The normalized spacial score (nSPS) is 21.5. The second-order valence-corrected chi connectivity index (χ2v) is 8.83. The standard InChI is InChI=1S/C21H32N4O3/c1-21(2,3)28-20(27)25-13-6-17(15-25)19(26)23-18-7-11-24(12-8-18)14-16-4-9-22-10-5-16/h4-5,9-10,17-18H,6-8,11-15H2,1-3H3,(H,23,26). The Morgan fingerprint density at radius 1 is 1.14 bits per heavy atom. The summed E-state index contributed by atoms with van der Waals surface area (Å²) in [5, 5.41) is 3.20. The van der Waals surface area contributed by atoms with E-state index in [4.69, 9.17) is 4.74 Å². The molecule has 3 heterocycles. The SMILES string of the molecule is CC(C)(C)OC(=O)N1CCC(C(=O)NC2CCN(Cc3ccncc3)CC2)C1. The van der Waals surface area contributed by atoms with Gasteiger partial charge in [0.1, 0.15) is 5.60 Å². The lowest BCUT2D eigenvalue weighted by Gasteiger charge is -2.32. The van der Waals surface area contributed by atoms with Crippen molar-refractivity contribution in [2.24, 2.45) is 5.92 Å². The monoisotopic (exact) mass is 388 g/mol. The first-order chi connectivity index (χ1) is 13.3. The summed E-state index contributed by atoms with van der Waals surface area (Å²) >= 11 is 0. The molecule has 0 bridgehead atoms. The van der Waals surface area contributed by atoms with E-state index < -0.39 is 5.60 Å².